The van der Waals surface area contributed by atoms with Gasteiger partial charge in [0.15, 0.2) is 0 Å². The third kappa shape index (κ3) is 5.94. The van der Waals surface area contributed by atoms with Gasteiger partial charge in [-0.15, -0.1) is 6.58 Å². The average Bonchev–Trinajstić information content (AvgIpc) is 2.69. The third-order valence-electron chi connectivity index (χ3n) is 4.24. The Morgan fingerprint density at radius 2 is 1.93 bits per heavy atom. The van der Waals surface area contributed by atoms with Crippen LogP contribution < -0.4 is 14.9 Å². The Morgan fingerprint density at radius 3 is 2.61 bits per heavy atom. The maximum absolute atomic E-state index is 12.4. The Balaban J connectivity index is 1.99. The van der Waals surface area contributed by atoms with Crippen LogP contribution in [0.25, 0.3) is 0 Å². The van der Waals surface area contributed by atoms with Gasteiger partial charge in [0.25, 0.3) is 5.91 Å². The number of rotatable bonds is 10. The SMILES string of the molecule is C=CCNS(=O)(=O)c1cccc(C(=O)NCCN(CC)c2cccc(C)c2)c1. The highest BCUT2D eigenvalue weighted by Crippen LogP contribution is 2.15. The average molecular weight is 402 g/mol. The second kappa shape index (κ2) is 10.1. The minimum atomic E-state index is -3.67. The number of amides is 1. The van der Waals surface area contributed by atoms with Crippen LogP contribution in [0.2, 0.25) is 0 Å². The molecule has 150 valence electrons. The van der Waals surface area contributed by atoms with Crippen LogP contribution in [0.3, 0.4) is 0 Å². The molecule has 0 saturated carbocycles. The first kappa shape index (κ1) is 21.7. The highest BCUT2D eigenvalue weighted by molar-refractivity contribution is 7.89. The van der Waals surface area contributed by atoms with Crippen molar-refractivity contribution in [3.63, 3.8) is 0 Å². The van der Waals surface area contributed by atoms with Crippen molar-refractivity contribution in [2.45, 2.75) is 18.7 Å². The number of nitrogens with zero attached hydrogens (tertiary/aromatic N) is 1. The van der Waals surface area contributed by atoms with Crippen molar-refractivity contribution in [1.29, 1.82) is 0 Å². The fraction of sp³-hybridized carbons (Fsp3) is 0.286. The number of sulfonamides is 1. The van der Waals surface area contributed by atoms with Gasteiger partial charge >= 0.3 is 0 Å². The summed E-state index contributed by atoms with van der Waals surface area (Å²) < 4.78 is 26.8. The van der Waals surface area contributed by atoms with Gasteiger partial charge in [0, 0.05) is 37.4 Å². The third-order valence-corrected chi connectivity index (χ3v) is 5.66. The number of benzene rings is 2. The van der Waals surface area contributed by atoms with E-state index < -0.39 is 10.0 Å². The van der Waals surface area contributed by atoms with E-state index in [1.807, 2.05) is 25.1 Å². The van der Waals surface area contributed by atoms with Gasteiger partial charge in [-0.2, -0.15) is 0 Å². The fourth-order valence-corrected chi connectivity index (χ4v) is 3.80. The molecule has 2 rings (SSSR count). The lowest BCUT2D eigenvalue weighted by Crippen LogP contribution is -2.35. The Hall–Kier alpha value is -2.64. The lowest BCUT2D eigenvalue weighted by atomic mass is 10.2. The van der Waals surface area contributed by atoms with Gasteiger partial charge in [-0.25, -0.2) is 13.1 Å². The van der Waals surface area contributed by atoms with E-state index in [-0.39, 0.29) is 17.3 Å². The predicted octanol–water partition coefficient (Wildman–Crippen LogP) is 2.72. The van der Waals surface area contributed by atoms with Gasteiger partial charge in [-0.1, -0.05) is 24.3 Å². The number of likely N-dealkylation sites (N-methyl/N-ethyl adjacent to an activating group) is 1. The monoisotopic (exact) mass is 401 g/mol. The highest BCUT2D eigenvalue weighted by Gasteiger charge is 2.15. The van der Waals surface area contributed by atoms with E-state index in [1.165, 1.54) is 23.8 Å². The summed E-state index contributed by atoms with van der Waals surface area (Å²) in [6.45, 7) is 9.66. The maximum Gasteiger partial charge on any atom is 0.251 e. The molecule has 2 N–H and O–H groups in total. The molecule has 0 saturated heterocycles. The van der Waals surface area contributed by atoms with Gasteiger partial charge in [-0.3, -0.25) is 4.79 Å². The molecule has 0 fully saturated rings. The molecule has 0 aliphatic heterocycles. The Labute approximate surface area is 167 Å². The summed E-state index contributed by atoms with van der Waals surface area (Å²) in [6, 6.07) is 14.2. The van der Waals surface area contributed by atoms with Crippen LogP contribution >= 0.6 is 0 Å². The fourth-order valence-electron chi connectivity index (χ4n) is 2.76. The predicted molar refractivity (Wildman–Crippen MR) is 113 cm³/mol. The molecule has 28 heavy (non-hydrogen) atoms. The van der Waals surface area contributed by atoms with Crippen molar-refractivity contribution >= 4 is 21.6 Å². The molecule has 0 aromatic heterocycles. The zero-order valence-electron chi connectivity index (χ0n) is 16.3. The van der Waals surface area contributed by atoms with E-state index in [2.05, 4.69) is 34.5 Å². The van der Waals surface area contributed by atoms with E-state index >= 15 is 0 Å². The standard InChI is InChI=1S/C21H27N3O3S/c1-4-12-23-28(26,27)20-11-7-9-18(16-20)21(25)22-13-14-24(5-2)19-10-6-8-17(3)15-19/h4,6-11,15-16,23H,1,5,12-14H2,2-3H3,(H,22,25). The molecule has 0 radical (unpaired) electrons. The van der Waals surface area contributed by atoms with Crippen molar-refractivity contribution in [3.05, 3.63) is 72.3 Å². The van der Waals surface area contributed by atoms with Crippen LogP contribution in [0.5, 0.6) is 0 Å². The lowest BCUT2D eigenvalue weighted by Gasteiger charge is -2.23. The summed E-state index contributed by atoms with van der Waals surface area (Å²) in [6.07, 6.45) is 1.46. The Kier molecular flexibility index (Phi) is 7.78. The highest BCUT2D eigenvalue weighted by atomic mass is 32.2. The van der Waals surface area contributed by atoms with Crippen molar-refractivity contribution in [1.82, 2.24) is 10.0 Å². The summed E-state index contributed by atoms with van der Waals surface area (Å²) in [5, 5.41) is 2.86. The van der Waals surface area contributed by atoms with Gasteiger partial charge in [0.05, 0.1) is 4.90 Å². The Bertz CT molecular complexity index is 926. The summed E-state index contributed by atoms with van der Waals surface area (Å²) in [5.74, 6) is -0.305. The minimum absolute atomic E-state index is 0.0527. The first-order chi connectivity index (χ1) is 13.4. The summed E-state index contributed by atoms with van der Waals surface area (Å²) in [4.78, 5) is 14.7. The molecule has 1 amide bonds. The maximum atomic E-state index is 12.4. The van der Waals surface area contributed by atoms with Gasteiger partial charge in [0.1, 0.15) is 0 Å². The molecule has 0 unspecified atom stereocenters. The number of aryl methyl sites for hydroxylation is 1. The second-order valence-corrected chi connectivity index (χ2v) is 8.11. The molecule has 0 spiro atoms. The molecule has 0 aliphatic carbocycles. The van der Waals surface area contributed by atoms with Crippen LogP contribution in [-0.4, -0.2) is 40.5 Å². The van der Waals surface area contributed by atoms with E-state index in [0.717, 1.165) is 12.2 Å². The van der Waals surface area contributed by atoms with Crippen molar-refractivity contribution in [2.75, 3.05) is 31.1 Å². The molecule has 2 aromatic carbocycles. The van der Waals surface area contributed by atoms with Crippen molar-refractivity contribution in [2.24, 2.45) is 0 Å². The molecule has 0 heterocycles. The van der Waals surface area contributed by atoms with Gasteiger partial charge < -0.3 is 10.2 Å². The van der Waals surface area contributed by atoms with E-state index in [4.69, 9.17) is 0 Å². The zero-order valence-corrected chi connectivity index (χ0v) is 17.1. The number of anilines is 1. The minimum Gasteiger partial charge on any atom is -0.370 e. The molecule has 0 bridgehead atoms. The number of hydrogen-bond donors (Lipinski definition) is 2. The van der Waals surface area contributed by atoms with Crippen LogP contribution in [0.4, 0.5) is 5.69 Å². The quantitative estimate of drug-likeness (QED) is 0.600. The normalized spacial score (nSPS) is 11.1. The summed E-state index contributed by atoms with van der Waals surface area (Å²) >= 11 is 0. The van der Waals surface area contributed by atoms with Gasteiger partial charge in [0.2, 0.25) is 10.0 Å². The molecule has 7 heteroatoms. The first-order valence-corrected chi connectivity index (χ1v) is 10.7. The first-order valence-electron chi connectivity index (χ1n) is 9.18. The smallest absolute Gasteiger partial charge is 0.251 e. The molecular formula is C21H27N3O3S. The molecule has 2 aromatic rings. The number of carbonyl (C=O) groups excluding carboxylic acids is 1. The topological polar surface area (TPSA) is 78.5 Å². The molecule has 6 nitrogen and oxygen atoms in total. The van der Waals surface area contributed by atoms with Crippen LogP contribution in [0.15, 0.2) is 66.1 Å². The van der Waals surface area contributed by atoms with E-state index in [9.17, 15) is 13.2 Å². The van der Waals surface area contributed by atoms with Crippen molar-refractivity contribution < 1.29 is 13.2 Å². The van der Waals surface area contributed by atoms with E-state index in [0.29, 0.717) is 18.7 Å². The van der Waals surface area contributed by atoms with Crippen LogP contribution in [0, 0.1) is 6.92 Å². The number of nitrogens with one attached hydrogen (secondary N) is 2. The van der Waals surface area contributed by atoms with Crippen LogP contribution in [0.1, 0.15) is 22.8 Å². The molecular weight excluding hydrogens is 374 g/mol. The molecule has 0 aliphatic rings. The lowest BCUT2D eigenvalue weighted by molar-refractivity contribution is 0.0954. The van der Waals surface area contributed by atoms with E-state index in [1.54, 1.807) is 12.1 Å². The zero-order chi connectivity index (χ0) is 20.6. The summed E-state index contributed by atoms with van der Waals surface area (Å²) in [7, 11) is -3.67. The van der Waals surface area contributed by atoms with Crippen LogP contribution in [-0.2, 0) is 10.0 Å². The summed E-state index contributed by atoms with van der Waals surface area (Å²) in [5.41, 5.74) is 2.60. The number of carbonyl (C=O) groups is 1. The van der Waals surface area contributed by atoms with Gasteiger partial charge in [-0.05, 0) is 49.7 Å². The second-order valence-electron chi connectivity index (χ2n) is 6.34. The Morgan fingerprint density at radius 1 is 1.18 bits per heavy atom. The largest absolute Gasteiger partial charge is 0.370 e. The number of hydrogen-bond acceptors (Lipinski definition) is 4. The van der Waals surface area contributed by atoms with Crippen molar-refractivity contribution in [3.8, 4) is 0 Å². The molecule has 0 atom stereocenters.